The second-order valence-electron chi connectivity index (χ2n) is 6.69. The summed E-state index contributed by atoms with van der Waals surface area (Å²) in [5.41, 5.74) is 0.404. The van der Waals surface area contributed by atoms with Gasteiger partial charge in [-0.3, -0.25) is 4.90 Å². The minimum absolute atomic E-state index is 0.124. The SMILES string of the molecule is CCC(C)(C)CC12CCCN1CC(OC(F)F)C2. The van der Waals surface area contributed by atoms with E-state index in [-0.39, 0.29) is 17.1 Å². The fraction of sp³-hybridized carbons (Fsp3) is 1.00. The summed E-state index contributed by atoms with van der Waals surface area (Å²) in [5, 5.41) is 0. The summed E-state index contributed by atoms with van der Waals surface area (Å²) in [4.78, 5) is 2.40. The van der Waals surface area contributed by atoms with E-state index in [1.807, 2.05) is 0 Å². The summed E-state index contributed by atoms with van der Waals surface area (Å²) in [5.74, 6) is 0. The molecule has 0 amide bonds. The highest BCUT2D eigenvalue weighted by atomic mass is 19.3. The first-order valence-corrected chi connectivity index (χ1v) is 7.06. The number of hydrogen-bond acceptors (Lipinski definition) is 2. The van der Waals surface area contributed by atoms with Crippen LogP contribution in [0.25, 0.3) is 0 Å². The van der Waals surface area contributed by atoms with Gasteiger partial charge < -0.3 is 4.74 Å². The van der Waals surface area contributed by atoms with Gasteiger partial charge in [-0.05, 0) is 37.6 Å². The number of ether oxygens (including phenoxy) is 1. The maximum absolute atomic E-state index is 12.4. The van der Waals surface area contributed by atoms with Crippen LogP contribution in [0.2, 0.25) is 0 Å². The molecule has 2 aliphatic rings. The van der Waals surface area contributed by atoms with Crippen LogP contribution in [0.4, 0.5) is 8.78 Å². The van der Waals surface area contributed by atoms with Crippen molar-refractivity contribution in [2.75, 3.05) is 13.1 Å². The summed E-state index contributed by atoms with van der Waals surface area (Å²) in [7, 11) is 0. The van der Waals surface area contributed by atoms with Gasteiger partial charge in [0, 0.05) is 12.1 Å². The number of halogens is 2. The zero-order valence-electron chi connectivity index (χ0n) is 11.7. The Bertz CT molecular complexity index is 296. The molecule has 0 spiro atoms. The monoisotopic (exact) mass is 261 g/mol. The number of fused-ring (bicyclic) bond motifs is 1. The van der Waals surface area contributed by atoms with Crippen LogP contribution in [0.5, 0.6) is 0 Å². The van der Waals surface area contributed by atoms with Gasteiger partial charge in [-0.25, -0.2) is 0 Å². The van der Waals surface area contributed by atoms with Crippen molar-refractivity contribution < 1.29 is 13.5 Å². The third-order valence-electron chi connectivity index (χ3n) is 4.83. The molecule has 106 valence electrons. The number of hydrogen-bond donors (Lipinski definition) is 0. The lowest BCUT2D eigenvalue weighted by Gasteiger charge is -2.39. The van der Waals surface area contributed by atoms with Gasteiger partial charge in [0.2, 0.25) is 0 Å². The molecule has 2 nitrogen and oxygen atoms in total. The van der Waals surface area contributed by atoms with Crippen molar-refractivity contribution in [1.82, 2.24) is 4.90 Å². The summed E-state index contributed by atoms with van der Waals surface area (Å²) >= 11 is 0. The lowest BCUT2D eigenvalue weighted by atomic mass is 9.74. The summed E-state index contributed by atoms with van der Waals surface area (Å²) < 4.78 is 29.4. The molecule has 2 unspecified atom stereocenters. The highest BCUT2D eigenvalue weighted by molar-refractivity contribution is 5.05. The first-order valence-electron chi connectivity index (χ1n) is 7.06. The Balaban J connectivity index is 2.05. The molecular formula is C14H25F2NO. The third-order valence-corrected chi connectivity index (χ3v) is 4.83. The van der Waals surface area contributed by atoms with Crippen molar-refractivity contribution in [3.8, 4) is 0 Å². The van der Waals surface area contributed by atoms with Gasteiger partial charge in [-0.1, -0.05) is 27.2 Å². The lowest BCUT2D eigenvalue weighted by molar-refractivity contribution is -0.159. The van der Waals surface area contributed by atoms with E-state index >= 15 is 0 Å². The van der Waals surface area contributed by atoms with E-state index in [9.17, 15) is 8.78 Å². The second-order valence-corrected chi connectivity index (χ2v) is 6.69. The highest BCUT2D eigenvalue weighted by Gasteiger charge is 2.50. The van der Waals surface area contributed by atoms with Crippen LogP contribution < -0.4 is 0 Å². The van der Waals surface area contributed by atoms with Crippen molar-refractivity contribution >= 4 is 0 Å². The Kier molecular flexibility index (Phi) is 3.98. The Morgan fingerprint density at radius 1 is 1.44 bits per heavy atom. The Morgan fingerprint density at radius 2 is 2.17 bits per heavy atom. The van der Waals surface area contributed by atoms with Crippen molar-refractivity contribution in [3.63, 3.8) is 0 Å². The molecule has 0 aromatic heterocycles. The predicted octanol–water partition coefficient (Wildman–Crippen LogP) is 3.66. The van der Waals surface area contributed by atoms with Crippen molar-refractivity contribution in [2.45, 2.75) is 71.1 Å². The van der Waals surface area contributed by atoms with E-state index in [1.54, 1.807) is 0 Å². The van der Waals surface area contributed by atoms with E-state index in [0.29, 0.717) is 6.54 Å². The molecule has 18 heavy (non-hydrogen) atoms. The van der Waals surface area contributed by atoms with Crippen molar-refractivity contribution in [3.05, 3.63) is 0 Å². The molecule has 0 radical (unpaired) electrons. The third kappa shape index (κ3) is 2.85. The lowest BCUT2D eigenvalue weighted by Crippen LogP contribution is -2.41. The number of alkyl halides is 2. The van der Waals surface area contributed by atoms with Gasteiger partial charge in [0.25, 0.3) is 0 Å². The molecule has 2 atom stereocenters. The zero-order chi connectivity index (χ0) is 13.4. The van der Waals surface area contributed by atoms with Crippen LogP contribution in [0, 0.1) is 5.41 Å². The van der Waals surface area contributed by atoms with Crippen LogP contribution in [0.15, 0.2) is 0 Å². The van der Waals surface area contributed by atoms with Crippen LogP contribution in [0.3, 0.4) is 0 Å². The van der Waals surface area contributed by atoms with Gasteiger partial charge in [-0.15, -0.1) is 0 Å². The molecule has 4 heteroatoms. The molecule has 0 saturated carbocycles. The van der Waals surface area contributed by atoms with Crippen LogP contribution in [-0.4, -0.2) is 36.2 Å². The highest BCUT2D eigenvalue weighted by Crippen LogP contribution is 2.47. The Hall–Kier alpha value is -0.220. The van der Waals surface area contributed by atoms with E-state index in [1.165, 1.54) is 6.42 Å². The van der Waals surface area contributed by atoms with Gasteiger partial charge >= 0.3 is 6.61 Å². The second kappa shape index (κ2) is 5.04. The first kappa shape index (κ1) is 14.2. The molecule has 0 aliphatic carbocycles. The Labute approximate surface area is 109 Å². The molecule has 0 N–H and O–H groups in total. The van der Waals surface area contributed by atoms with Crippen LogP contribution >= 0.6 is 0 Å². The number of rotatable bonds is 5. The molecule has 2 aliphatic heterocycles. The van der Waals surface area contributed by atoms with Gasteiger partial charge in [0.1, 0.15) is 0 Å². The minimum Gasteiger partial charge on any atom is -0.318 e. The number of nitrogens with zero attached hydrogens (tertiary/aromatic N) is 1. The van der Waals surface area contributed by atoms with Crippen molar-refractivity contribution in [2.24, 2.45) is 5.41 Å². The fourth-order valence-electron chi connectivity index (χ4n) is 3.77. The molecule has 0 aromatic rings. The van der Waals surface area contributed by atoms with Crippen LogP contribution in [0.1, 0.15) is 52.9 Å². The average molecular weight is 261 g/mol. The summed E-state index contributed by atoms with van der Waals surface area (Å²) in [6.07, 6.45) is 5.06. The molecule has 0 bridgehead atoms. The quantitative estimate of drug-likeness (QED) is 0.749. The average Bonchev–Trinajstić information content (AvgIpc) is 2.71. The Morgan fingerprint density at radius 3 is 2.78 bits per heavy atom. The largest absolute Gasteiger partial charge is 0.345 e. The summed E-state index contributed by atoms with van der Waals surface area (Å²) in [6, 6.07) is 0. The topological polar surface area (TPSA) is 12.5 Å². The van der Waals surface area contributed by atoms with E-state index in [0.717, 1.165) is 32.2 Å². The van der Waals surface area contributed by atoms with E-state index in [2.05, 4.69) is 25.7 Å². The molecule has 0 aromatic carbocycles. The van der Waals surface area contributed by atoms with E-state index in [4.69, 9.17) is 4.74 Å². The van der Waals surface area contributed by atoms with Crippen molar-refractivity contribution in [1.29, 1.82) is 0 Å². The maximum Gasteiger partial charge on any atom is 0.345 e. The molecular weight excluding hydrogens is 236 g/mol. The zero-order valence-corrected chi connectivity index (χ0v) is 11.7. The molecule has 2 rings (SSSR count). The molecule has 2 saturated heterocycles. The molecule has 2 heterocycles. The molecule has 2 fully saturated rings. The van der Waals surface area contributed by atoms with Crippen LogP contribution in [-0.2, 0) is 4.74 Å². The summed E-state index contributed by atoms with van der Waals surface area (Å²) in [6.45, 7) is 5.86. The normalized spacial score (nSPS) is 33.3. The smallest absolute Gasteiger partial charge is 0.318 e. The first-order chi connectivity index (χ1) is 8.37. The minimum atomic E-state index is -2.63. The predicted molar refractivity (Wildman–Crippen MR) is 67.7 cm³/mol. The fourth-order valence-corrected chi connectivity index (χ4v) is 3.77. The van der Waals surface area contributed by atoms with Gasteiger partial charge in [-0.2, -0.15) is 8.78 Å². The van der Waals surface area contributed by atoms with Gasteiger partial charge in [0.05, 0.1) is 6.10 Å². The van der Waals surface area contributed by atoms with E-state index < -0.39 is 6.61 Å². The standard InChI is InChI=1S/C14H25F2NO/c1-4-13(2,3)10-14-6-5-7-17(14)9-11(8-14)18-12(15)16/h11-12H,4-10H2,1-3H3. The maximum atomic E-state index is 12.4. The van der Waals surface area contributed by atoms with Gasteiger partial charge in [0.15, 0.2) is 0 Å².